The number of H-pyrrole nitrogens is 1. The first-order chi connectivity index (χ1) is 14.0. The number of aromatic nitrogens is 1. The van der Waals surface area contributed by atoms with Crippen molar-refractivity contribution in [3.05, 3.63) is 94.4 Å². The van der Waals surface area contributed by atoms with Crippen molar-refractivity contribution in [3.8, 4) is 11.1 Å². The second kappa shape index (κ2) is 7.40. The van der Waals surface area contributed by atoms with Gasteiger partial charge in [0, 0.05) is 22.5 Å². The molecule has 0 saturated carbocycles. The number of rotatable bonds is 4. The summed E-state index contributed by atoms with van der Waals surface area (Å²) in [5, 5.41) is 9.58. The Morgan fingerprint density at radius 3 is 2.10 bits per heavy atom. The number of nitrogens with zero attached hydrogens (tertiary/aromatic N) is 1. The maximum Gasteiger partial charge on any atom is 0.354 e. The number of carboxylic acid groups (broad SMARTS) is 1. The van der Waals surface area contributed by atoms with Gasteiger partial charge in [-0.25, -0.2) is 9.79 Å². The van der Waals surface area contributed by atoms with Crippen LogP contribution in [-0.2, 0) is 4.79 Å². The highest BCUT2D eigenvalue weighted by Gasteiger charge is 2.26. The molecule has 2 heterocycles. The molecule has 1 aliphatic rings. The molecular formula is C25H22N2O2. The minimum absolute atomic E-state index is 0.0966. The molecule has 2 aromatic carbocycles. The Labute approximate surface area is 170 Å². The second-order valence-corrected chi connectivity index (χ2v) is 7.19. The van der Waals surface area contributed by atoms with Crippen LogP contribution < -0.4 is 0 Å². The van der Waals surface area contributed by atoms with Gasteiger partial charge in [-0.3, -0.25) is 0 Å². The summed E-state index contributed by atoms with van der Waals surface area (Å²) in [7, 11) is 0. The fourth-order valence-electron chi connectivity index (χ4n) is 3.95. The molecule has 0 spiro atoms. The maximum atomic E-state index is 11.7. The summed E-state index contributed by atoms with van der Waals surface area (Å²) in [5.41, 5.74) is 8.70. The summed E-state index contributed by atoms with van der Waals surface area (Å²) in [6.45, 7) is 5.95. The summed E-state index contributed by atoms with van der Waals surface area (Å²) >= 11 is 0. The number of hydrogen-bond donors (Lipinski definition) is 2. The number of aromatic amines is 1. The molecule has 3 aromatic rings. The number of aliphatic carboxylic acids is 1. The van der Waals surface area contributed by atoms with Gasteiger partial charge in [0.25, 0.3) is 0 Å². The summed E-state index contributed by atoms with van der Waals surface area (Å²) in [6, 6.07) is 20.0. The van der Waals surface area contributed by atoms with E-state index < -0.39 is 5.97 Å². The largest absolute Gasteiger partial charge is 0.477 e. The number of allylic oxidation sites excluding steroid dienone is 1. The molecule has 2 N–H and O–H groups in total. The normalized spacial score (nSPS) is 15.1. The van der Waals surface area contributed by atoms with Crippen LogP contribution in [0.2, 0.25) is 0 Å². The minimum atomic E-state index is -1.01. The third kappa shape index (κ3) is 3.34. The number of carboxylic acids is 1. The minimum Gasteiger partial charge on any atom is -0.477 e. The molecule has 0 unspecified atom stereocenters. The van der Waals surface area contributed by atoms with Crippen molar-refractivity contribution in [3.63, 3.8) is 0 Å². The number of hydrogen-bond acceptors (Lipinski definition) is 2. The molecule has 0 fully saturated rings. The standard InChI is InChI=1S/C25H22N2O2/c1-15-20(26-17(3)22(15)18-10-6-4-7-11-18)14-21-23(19-12-8-5-9-13-19)16(2)24(27-21)25(28)29/h4-14,26H,1-3H3,(H,28,29)/b21-14-. The number of aryl methyl sites for hydroxylation is 1. The topological polar surface area (TPSA) is 65.5 Å². The first kappa shape index (κ1) is 18.7. The Morgan fingerprint density at radius 1 is 0.931 bits per heavy atom. The van der Waals surface area contributed by atoms with E-state index in [-0.39, 0.29) is 5.71 Å². The van der Waals surface area contributed by atoms with Crippen LogP contribution in [0.25, 0.3) is 22.8 Å². The fraction of sp³-hybridized carbons (Fsp3) is 0.120. The Hall–Kier alpha value is -3.66. The van der Waals surface area contributed by atoms with Crippen molar-refractivity contribution < 1.29 is 9.90 Å². The van der Waals surface area contributed by atoms with Crippen molar-refractivity contribution in [2.75, 3.05) is 0 Å². The Bertz CT molecular complexity index is 1180. The SMILES string of the molecule is CC1=C(c2ccccc2)/C(=C/c2[nH]c(C)c(-c3ccccc3)c2C)N=C1C(=O)O. The summed E-state index contributed by atoms with van der Waals surface area (Å²) in [4.78, 5) is 19.6. The zero-order valence-electron chi connectivity index (χ0n) is 16.7. The zero-order chi connectivity index (χ0) is 20.5. The van der Waals surface area contributed by atoms with Gasteiger partial charge in [-0.1, -0.05) is 60.7 Å². The molecule has 0 atom stereocenters. The smallest absolute Gasteiger partial charge is 0.354 e. The first-order valence-corrected chi connectivity index (χ1v) is 9.52. The van der Waals surface area contributed by atoms with Crippen LogP contribution in [0.3, 0.4) is 0 Å². The lowest BCUT2D eigenvalue weighted by atomic mass is 9.97. The number of nitrogens with one attached hydrogen (secondary N) is 1. The number of carbonyl (C=O) groups is 1. The van der Waals surface area contributed by atoms with E-state index in [0.717, 1.165) is 33.7 Å². The van der Waals surface area contributed by atoms with Gasteiger partial charge in [0.15, 0.2) is 5.71 Å². The highest BCUT2D eigenvalue weighted by molar-refractivity contribution is 6.46. The predicted molar refractivity (Wildman–Crippen MR) is 118 cm³/mol. The third-order valence-electron chi connectivity index (χ3n) is 5.30. The molecule has 0 bridgehead atoms. The van der Waals surface area contributed by atoms with Crippen molar-refractivity contribution in [1.29, 1.82) is 0 Å². The van der Waals surface area contributed by atoms with Gasteiger partial charge in [-0.15, -0.1) is 0 Å². The fourth-order valence-corrected chi connectivity index (χ4v) is 3.95. The van der Waals surface area contributed by atoms with E-state index in [1.807, 2.05) is 61.5 Å². The highest BCUT2D eigenvalue weighted by atomic mass is 16.4. The van der Waals surface area contributed by atoms with Gasteiger partial charge in [0.1, 0.15) is 0 Å². The summed E-state index contributed by atoms with van der Waals surface area (Å²) in [5.74, 6) is -1.01. The van der Waals surface area contributed by atoms with Gasteiger partial charge in [0.05, 0.1) is 5.70 Å². The average Bonchev–Trinajstić information content (AvgIpc) is 3.19. The van der Waals surface area contributed by atoms with E-state index in [1.165, 1.54) is 5.56 Å². The molecule has 4 rings (SSSR count). The van der Waals surface area contributed by atoms with Crippen LogP contribution in [0.4, 0.5) is 0 Å². The highest BCUT2D eigenvalue weighted by Crippen LogP contribution is 2.37. The van der Waals surface area contributed by atoms with E-state index in [1.54, 1.807) is 0 Å². The van der Waals surface area contributed by atoms with E-state index in [4.69, 9.17) is 0 Å². The molecule has 1 aromatic heterocycles. The maximum absolute atomic E-state index is 11.7. The molecule has 0 radical (unpaired) electrons. The molecular weight excluding hydrogens is 360 g/mol. The number of aliphatic imine (C=N–C) groups is 1. The van der Waals surface area contributed by atoms with E-state index in [9.17, 15) is 9.90 Å². The van der Waals surface area contributed by atoms with Crippen LogP contribution >= 0.6 is 0 Å². The van der Waals surface area contributed by atoms with Crippen molar-refractivity contribution in [1.82, 2.24) is 4.98 Å². The van der Waals surface area contributed by atoms with Crippen LogP contribution in [0.15, 0.2) is 76.9 Å². The third-order valence-corrected chi connectivity index (χ3v) is 5.30. The first-order valence-electron chi connectivity index (χ1n) is 9.52. The second-order valence-electron chi connectivity index (χ2n) is 7.19. The molecule has 4 nitrogen and oxygen atoms in total. The van der Waals surface area contributed by atoms with Gasteiger partial charge in [-0.05, 0) is 49.1 Å². The zero-order valence-corrected chi connectivity index (χ0v) is 16.7. The van der Waals surface area contributed by atoms with Crippen LogP contribution in [-0.4, -0.2) is 21.8 Å². The molecule has 144 valence electrons. The van der Waals surface area contributed by atoms with Gasteiger partial charge >= 0.3 is 5.97 Å². The lowest BCUT2D eigenvalue weighted by molar-refractivity contribution is -0.129. The van der Waals surface area contributed by atoms with Crippen LogP contribution in [0, 0.1) is 13.8 Å². The molecule has 0 amide bonds. The monoisotopic (exact) mass is 382 g/mol. The Balaban J connectivity index is 1.87. The van der Waals surface area contributed by atoms with E-state index >= 15 is 0 Å². The molecule has 1 aliphatic heterocycles. The van der Waals surface area contributed by atoms with Crippen molar-refractivity contribution >= 4 is 23.3 Å². The molecule has 0 aliphatic carbocycles. The summed E-state index contributed by atoms with van der Waals surface area (Å²) in [6.07, 6.45) is 1.95. The molecule has 4 heteroatoms. The Morgan fingerprint density at radius 2 is 1.52 bits per heavy atom. The van der Waals surface area contributed by atoms with Gasteiger partial charge < -0.3 is 10.1 Å². The van der Waals surface area contributed by atoms with Gasteiger partial charge in [0.2, 0.25) is 0 Å². The number of benzene rings is 2. The van der Waals surface area contributed by atoms with Crippen molar-refractivity contribution in [2.24, 2.45) is 4.99 Å². The molecule has 0 saturated heterocycles. The lowest BCUT2D eigenvalue weighted by Crippen LogP contribution is -2.11. The van der Waals surface area contributed by atoms with Crippen LogP contribution in [0.1, 0.15) is 29.4 Å². The lowest BCUT2D eigenvalue weighted by Gasteiger charge is -2.06. The summed E-state index contributed by atoms with van der Waals surface area (Å²) < 4.78 is 0. The Kier molecular flexibility index (Phi) is 4.77. The quantitative estimate of drug-likeness (QED) is 0.612. The van der Waals surface area contributed by atoms with E-state index in [0.29, 0.717) is 11.3 Å². The van der Waals surface area contributed by atoms with Gasteiger partial charge in [-0.2, -0.15) is 0 Å². The average molecular weight is 382 g/mol. The van der Waals surface area contributed by atoms with Crippen molar-refractivity contribution in [2.45, 2.75) is 20.8 Å². The predicted octanol–water partition coefficient (Wildman–Crippen LogP) is 5.65. The van der Waals surface area contributed by atoms with Crippen LogP contribution in [0.5, 0.6) is 0 Å². The molecule has 29 heavy (non-hydrogen) atoms. The van der Waals surface area contributed by atoms with E-state index in [2.05, 4.69) is 36.0 Å².